The summed E-state index contributed by atoms with van der Waals surface area (Å²) in [6.07, 6.45) is 5.04. The highest BCUT2D eigenvalue weighted by molar-refractivity contribution is 6.30. The summed E-state index contributed by atoms with van der Waals surface area (Å²) < 4.78 is 0. The van der Waals surface area contributed by atoms with Crippen LogP contribution in [-0.4, -0.2) is 34.8 Å². The highest BCUT2D eigenvalue weighted by Crippen LogP contribution is 2.23. The van der Waals surface area contributed by atoms with Gasteiger partial charge in [-0.3, -0.25) is 0 Å². The van der Waals surface area contributed by atoms with Crippen molar-refractivity contribution in [2.75, 3.05) is 35.2 Å². The summed E-state index contributed by atoms with van der Waals surface area (Å²) in [6.45, 7) is 3.01. The predicted octanol–water partition coefficient (Wildman–Crippen LogP) is 4.52. The van der Waals surface area contributed by atoms with Crippen molar-refractivity contribution in [3.8, 4) is 0 Å². The molecule has 6 nitrogen and oxygen atoms in total. The topological polar surface area (TPSA) is 66.0 Å². The standard InChI is InChI=1S/C21H23ClN6/c22-17-5-3-16(4-6-17)11-12-23-21-26-20(15-24-27-21)25-18-7-9-19(10-8-18)28-13-1-2-14-28/h3-10,15H,1-2,11-14H2,(H2,23,25,26,27). The molecule has 0 bridgehead atoms. The maximum absolute atomic E-state index is 5.91. The minimum Gasteiger partial charge on any atom is -0.372 e. The van der Waals surface area contributed by atoms with Crippen molar-refractivity contribution in [3.63, 3.8) is 0 Å². The molecule has 4 rings (SSSR count). The van der Waals surface area contributed by atoms with Crippen molar-refractivity contribution in [1.82, 2.24) is 15.2 Å². The van der Waals surface area contributed by atoms with E-state index in [1.807, 2.05) is 24.3 Å². The molecule has 0 amide bonds. The predicted molar refractivity (Wildman–Crippen MR) is 115 cm³/mol. The van der Waals surface area contributed by atoms with Crippen LogP contribution in [0, 0.1) is 0 Å². The van der Waals surface area contributed by atoms with Gasteiger partial charge in [-0.25, -0.2) is 0 Å². The third-order valence-corrected chi connectivity index (χ3v) is 5.03. The molecule has 7 heteroatoms. The summed E-state index contributed by atoms with van der Waals surface area (Å²) in [5.41, 5.74) is 3.46. The Morgan fingerprint density at radius 1 is 0.964 bits per heavy atom. The van der Waals surface area contributed by atoms with Gasteiger partial charge in [0.1, 0.15) is 0 Å². The number of rotatable bonds is 7. The SMILES string of the molecule is Clc1ccc(CCNc2nncc(Nc3ccc(N4CCCC4)cc3)n2)cc1. The van der Waals surface area contributed by atoms with E-state index in [0.29, 0.717) is 11.8 Å². The molecule has 1 saturated heterocycles. The molecule has 0 unspecified atom stereocenters. The van der Waals surface area contributed by atoms with Crippen molar-refractivity contribution in [3.05, 3.63) is 65.3 Å². The van der Waals surface area contributed by atoms with E-state index in [-0.39, 0.29) is 0 Å². The van der Waals surface area contributed by atoms with E-state index in [2.05, 4.69) is 55.0 Å². The quantitative estimate of drug-likeness (QED) is 0.614. The number of aromatic nitrogens is 3. The molecule has 2 aromatic carbocycles. The Morgan fingerprint density at radius 3 is 2.46 bits per heavy atom. The molecular formula is C21H23ClN6. The second-order valence-corrected chi connectivity index (χ2v) is 7.27. The lowest BCUT2D eigenvalue weighted by Gasteiger charge is -2.17. The zero-order chi connectivity index (χ0) is 19.2. The first-order chi connectivity index (χ1) is 13.8. The van der Waals surface area contributed by atoms with Crippen LogP contribution in [0.2, 0.25) is 5.02 Å². The lowest BCUT2D eigenvalue weighted by atomic mass is 10.1. The van der Waals surface area contributed by atoms with Gasteiger partial charge in [0.05, 0.1) is 6.20 Å². The number of hydrogen-bond donors (Lipinski definition) is 2. The molecule has 3 aromatic rings. The maximum Gasteiger partial charge on any atom is 0.244 e. The fourth-order valence-corrected chi connectivity index (χ4v) is 3.41. The van der Waals surface area contributed by atoms with Crippen LogP contribution in [-0.2, 0) is 6.42 Å². The summed E-state index contributed by atoms with van der Waals surface area (Å²) in [6, 6.07) is 16.3. The first-order valence-electron chi connectivity index (χ1n) is 9.56. The number of benzene rings is 2. The van der Waals surface area contributed by atoms with Crippen molar-refractivity contribution < 1.29 is 0 Å². The average Bonchev–Trinajstić information content (AvgIpc) is 3.25. The summed E-state index contributed by atoms with van der Waals surface area (Å²) in [5.74, 6) is 1.17. The fourth-order valence-electron chi connectivity index (χ4n) is 3.29. The van der Waals surface area contributed by atoms with Crippen molar-refractivity contribution in [2.24, 2.45) is 0 Å². The van der Waals surface area contributed by atoms with Crippen LogP contribution in [0.4, 0.5) is 23.1 Å². The Balaban J connectivity index is 1.32. The number of nitrogens with zero attached hydrogens (tertiary/aromatic N) is 4. The molecule has 1 fully saturated rings. The van der Waals surface area contributed by atoms with E-state index in [9.17, 15) is 0 Å². The summed E-state index contributed by atoms with van der Waals surface area (Å²) in [5, 5.41) is 15.3. The smallest absolute Gasteiger partial charge is 0.244 e. The number of halogens is 1. The normalized spacial score (nSPS) is 13.5. The molecule has 1 aliphatic rings. The third-order valence-electron chi connectivity index (χ3n) is 4.78. The number of anilines is 4. The zero-order valence-electron chi connectivity index (χ0n) is 15.6. The molecule has 1 aliphatic heterocycles. The van der Waals surface area contributed by atoms with E-state index in [1.54, 1.807) is 6.20 Å². The molecule has 2 N–H and O–H groups in total. The van der Waals surface area contributed by atoms with E-state index >= 15 is 0 Å². The Morgan fingerprint density at radius 2 is 1.71 bits per heavy atom. The van der Waals surface area contributed by atoms with Crippen LogP contribution in [0.1, 0.15) is 18.4 Å². The number of hydrogen-bond acceptors (Lipinski definition) is 6. The van der Waals surface area contributed by atoms with Gasteiger partial charge in [-0.2, -0.15) is 10.1 Å². The molecule has 0 saturated carbocycles. The molecular weight excluding hydrogens is 372 g/mol. The van der Waals surface area contributed by atoms with Gasteiger partial charge in [0, 0.05) is 36.0 Å². The van der Waals surface area contributed by atoms with Crippen LogP contribution in [0.5, 0.6) is 0 Å². The Labute approximate surface area is 170 Å². The average molecular weight is 395 g/mol. The van der Waals surface area contributed by atoms with Gasteiger partial charge >= 0.3 is 0 Å². The number of nitrogens with one attached hydrogen (secondary N) is 2. The Hall–Kier alpha value is -2.86. The lowest BCUT2D eigenvalue weighted by molar-refractivity contribution is 0.929. The second kappa shape index (κ2) is 8.89. The molecule has 1 aromatic heterocycles. The fraction of sp³-hybridized carbons (Fsp3) is 0.286. The van der Waals surface area contributed by atoms with Gasteiger partial charge < -0.3 is 15.5 Å². The highest BCUT2D eigenvalue weighted by Gasteiger charge is 2.11. The summed E-state index contributed by atoms with van der Waals surface area (Å²) in [4.78, 5) is 6.90. The van der Waals surface area contributed by atoms with Crippen molar-refractivity contribution >= 4 is 34.7 Å². The molecule has 28 heavy (non-hydrogen) atoms. The van der Waals surface area contributed by atoms with Crippen LogP contribution < -0.4 is 15.5 Å². The minimum atomic E-state index is 0.507. The Bertz CT molecular complexity index is 892. The summed E-state index contributed by atoms with van der Waals surface area (Å²) >= 11 is 5.91. The van der Waals surface area contributed by atoms with Crippen molar-refractivity contribution in [2.45, 2.75) is 19.3 Å². The molecule has 0 spiro atoms. The van der Waals surface area contributed by atoms with Crippen LogP contribution in [0.15, 0.2) is 54.7 Å². The lowest BCUT2D eigenvalue weighted by Crippen LogP contribution is -2.17. The molecule has 2 heterocycles. The van der Waals surface area contributed by atoms with Crippen LogP contribution in [0.25, 0.3) is 0 Å². The molecule has 144 valence electrons. The first-order valence-corrected chi connectivity index (χ1v) is 9.94. The highest BCUT2D eigenvalue weighted by atomic mass is 35.5. The second-order valence-electron chi connectivity index (χ2n) is 6.83. The van der Waals surface area contributed by atoms with Gasteiger partial charge in [-0.1, -0.05) is 23.7 Å². The zero-order valence-corrected chi connectivity index (χ0v) is 16.4. The first kappa shape index (κ1) is 18.5. The van der Waals surface area contributed by atoms with E-state index in [4.69, 9.17) is 11.6 Å². The van der Waals surface area contributed by atoms with E-state index in [0.717, 1.165) is 36.8 Å². The molecule has 0 atom stereocenters. The van der Waals surface area contributed by atoms with Gasteiger partial charge in [0.25, 0.3) is 0 Å². The minimum absolute atomic E-state index is 0.507. The maximum atomic E-state index is 5.91. The van der Waals surface area contributed by atoms with Gasteiger partial charge in [-0.15, -0.1) is 5.10 Å². The van der Waals surface area contributed by atoms with Gasteiger partial charge in [0.2, 0.25) is 5.95 Å². The van der Waals surface area contributed by atoms with E-state index < -0.39 is 0 Å². The summed E-state index contributed by atoms with van der Waals surface area (Å²) in [7, 11) is 0. The third kappa shape index (κ3) is 4.89. The van der Waals surface area contributed by atoms with E-state index in [1.165, 1.54) is 24.1 Å². The van der Waals surface area contributed by atoms with Crippen molar-refractivity contribution in [1.29, 1.82) is 0 Å². The molecule has 0 aliphatic carbocycles. The van der Waals surface area contributed by atoms with Gasteiger partial charge in [0.15, 0.2) is 5.82 Å². The Kier molecular flexibility index (Phi) is 5.87. The monoisotopic (exact) mass is 394 g/mol. The van der Waals surface area contributed by atoms with Crippen LogP contribution in [0.3, 0.4) is 0 Å². The van der Waals surface area contributed by atoms with Crippen LogP contribution >= 0.6 is 11.6 Å². The molecule has 0 radical (unpaired) electrons. The van der Waals surface area contributed by atoms with Gasteiger partial charge in [-0.05, 0) is 61.2 Å². The largest absolute Gasteiger partial charge is 0.372 e.